The van der Waals surface area contributed by atoms with Crippen molar-refractivity contribution in [1.29, 1.82) is 0 Å². The summed E-state index contributed by atoms with van der Waals surface area (Å²) in [6.45, 7) is 0. The molecule has 0 aliphatic carbocycles. The van der Waals surface area contributed by atoms with Crippen LogP contribution in [-0.2, 0) is 19.2 Å². The van der Waals surface area contributed by atoms with Crippen LogP contribution < -0.4 is 5.32 Å². The normalized spacial score (nSPS) is 16.4. The third kappa shape index (κ3) is 7.76. The number of carbonyl (C=O) groups is 4. The van der Waals surface area contributed by atoms with Crippen molar-refractivity contribution in [3.05, 3.63) is 36.2 Å². The first-order valence-electron chi connectivity index (χ1n) is 8.41. The number of carboxylic acids is 4. The fraction of sp³-hybridized carbons (Fsp3) is 0.444. The van der Waals surface area contributed by atoms with E-state index in [2.05, 4.69) is 5.32 Å². The van der Waals surface area contributed by atoms with Crippen molar-refractivity contribution in [2.24, 2.45) is 17.8 Å². The molecule has 1 heterocycles. The Morgan fingerprint density at radius 3 is 2.07 bits per heavy atom. The molecule has 1 rings (SSSR count). The van der Waals surface area contributed by atoms with E-state index in [0.29, 0.717) is 5.70 Å². The Bertz CT molecular complexity index is 664. The molecular formula is C18H23NO8. The summed E-state index contributed by atoms with van der Waals surface area (Å²) in [5.41, 5.74) is 0.513. The van der Waals surface area contributed by atoms with Crippen LogP contribution in [0.2, 0.25) is 0 Å². The first-order chi connectivity index (χ1) is 12.7. The average molecular weight is 381 g/mol. The highest BCUT2D eigenvalue weighted by atomic mass is 16.4. The Hall–Kier alpha value is -3.10. The van der Waals surface area contributed by atoms with Gasteiger partial charge in [0.2, 0.25) is 0 Å². The first kappa shape index (κ1) is 21.9. The molecule has 0 aromatic carbocycles. The lowest BCUT2D eigenvalue weighted by atomic mass is 9.81. The average Bonchev–Trinajstić information content (AvgIpc) is 2.84. The Kier molecular flexibility index (Phi) is 8.77. The number of allylic oxidation sites excluding steroid dienone is 5. The van der Waals surface area contributed by atoms with E-state index in [1.807, 2.05) is 0 Å². The number of hydrogen-bond donors (Lipinski definition) is 5. The molecule has 1 aliphatic rings. The Labute approximate surface area is 155 Å². The number of hydrogen-bond acceptors (Lipinski definition) is 5. The Balaban J connectivity index is 2.95. The molecule has 0 fully saturated rings. The molecule has 0 aromatic heterocycles. The minimum absolute atomic E-state index is 0.0521. The number of aliphatic carboxylic acids is 4. The van der Waals surface area contributed by atoms with Crippen LogP contribution in [-0.4, -0.2) is 44.3 Å². The molecule has 9 nitrogen and oxygen atoms in total. The van der Waals surface area contributed by atoms with Crippen molar-refractivity contribution in [2.45, 2.75) is 32.1 Å². The monoisotopic (exact) mass is 381 g/mol. The van der Waals surface area contributed by atoms with Gasteiger partial charge in [0.25, 0.3) is 0 Å². The molecule has 27 heavy (non-hydrogen) atoms. The SMILES string of the molecule is O=C(O)CC(CCCC(C1=CC=CC=CN1)C(CC(=O)O)C(=O)O)C(=O)O. The molecule has 148 valence electrons. The maximum absolute atomic E-state index is 11.6. The van der Waals surface area contributed by atoms with Crippen LogP contribution >= 0.6 is 0 Å². The van der Waals surface area contributed by atoms with Gasteiger partial charge in [0, 0.05) is 17.8 Å². The van der Waals surface area contributed by atoms with Gasteiger partial charge in [-0.25, -0.2) is 0 Å². The predicted molar refractivity (Wildman–Crippen MR) is 93.6 cm³/mol. The van der Waals surface area contributed by atoms with Crippen molar-refractivity contribution >= 4 is 23.9 Å². The van der Waals surface area contributed by atoms with Gasteiger partial charge in [0.15, 0.2) is 0 Å². The van der Waals surface area contributed by atoms with Crippen LogP contribution in [0, 0.1) is 17.8 Å². The van der Waals surface area contributed by atoms with Crippen molar-refractivity contribution in [3.63, 3.8) is 0 Å². The number of rotatable bonds is 12. The smallest absolute Gasteiger partial charge is 0.307 e. The summed E-state index contributed by atoms with van der Waals surface area (Å²) in [5.74, 6) is -7.94. The van der Waals surface area contributed by atoms with Gasteiger partial charge < -0.3 is 25.7 Å². The third-order valence-corrected chi connectivity index (χ3v) is 4.28. The molecule has 0 saturated heterocycles. The number of carboxylic acid groups (broad SMARTS) is 4. The van der Waals surface area contributed by atoms with Gasteiger partial charge in [-0.2, -0.15) is 0 Å². The molecule has 9 heteroatoms. The third-order valence-electron chi connectivity index (χ3n) is 4.28. The molecule has 1 aliphatic heterocycles. The van der Waals surface area contributed by atoms with Crippen LogP contribution in [0.1, 0.15) is 32.1 Å². The highest BCUT2D eigenvalue weighted by Crippen LogP contribution is 2.30. The molecule has 0 radical (unpaired) electrons. The van der Waals surface area contributed by atoms with Gasteiger partial charge >= 0.3 is 23.9 Å². The summed E-state index contributed by atoms with van der Waals surface area (Å²) >= 11 is 0. The second-order valence-electron chi connectivity index (χ2n) is 6.22. The van der Waals surface area contributed by atoms with E-state index in [0.717, 1.165) is 0 Å². The lowest BCUT2D eigenvalue weighted by Crippen LogP contribution is -2.31. The zero-order valence-corrected chi connectivity index (χ0v) is 14.6. The highest BCUT2D eigenvalue weighted by molar-refractivity contribution is 5.78. The van der Waals surface area contributed by atoms with Gasteiger partial charge in [-0.05, 0) is 25.0 Å². The molecule has 0 aromatic rings. The van der Waals surface area contributed by atoms with Crippen molar-refractivity contribution in [3.8, 4) is 0 Å². The van der Waals surface area contributed by atoms with Gasteiger partial charge in [0.1, 0.15) is 0 Å². The van der Waals surface area contributed by atoms with Gasteiger partial charge in [-0.15, -0.1) is 0 Å². The van der Waals surface area contributed by atoms with Crippen LogP contribution in [0.15, 0.2) is 36.2 Å². The molecule has 0 amide bonds. The molecule has 0 spiro atoms. The van der Waals surface area contributed by atoms with Gasteiger partial charge in [-0.1, -0.05) is 18.6 Å². The Morgan fingerprint density at radius 2 is 1.52 bits per heavy atom. The van der Waals surface area contributed by atoms with E-state index in [-0.39, 0.29) is 19.3 Å². The summed E-state index contributed by atoms with van der Waals surface area (Å²) in [6, 6.07) is 0. The minimum atomic E-state index is -1.26. The van der Waals surface area contributed by atoms with E-state index < -0.39 is 54.5 Å². The molecule has 0 bridgehead atoms. The largest absolute Gasteiger partial charge is 0.481 e. The second kappa shape index (κ2) is 10.8. The van der Waals surface area contributed by atoms with E-state index in [9.17, 15) is 24.3 Å². The van der Waals surface area contributed by atoms with E-state index >= 15 is 0 Å². The fourth-order valence-electron chi connectivity index (χ4n) is 2.97. The highest BCUT2D eigenvalue weighted by Gasteiger charge is 2.33. The first-order valence-corrected chi connectivity index (χ1v) is 8.41. The van der Waals surface area contributed by atoms with Crippen molar-refractivity contribution < 1.29 is 39.6 Å². The summed E-state index contributed by atoms with van der Waals surface area (Å²) < 4.78 is 0. The van der Waals surface area contributed by atoms with E-state index in [4.69, 9.17) is 15.3 Å². The van der Waals surface area contributed by atoms with Crippen LogP contribution in [0.3, 0.4) is 0 Å². The van der Waals surface area contributed by atoms with E-state index in [1.54, 1.807) is 30.5 Å². The standard InChI is InChI=1S/C18H23NO8/c20-15(21)9-11(17(24)25)5-4-6-12(13(18(26)27)10-16(22)23)14-7-2-1-3-8-19-14/h1-3,7-8,11-13,19H,4-6,9-10H2,(H,20,21)(H,22,23)(H,24,25)(H,26,27). The summed E-state index contributed by atoms with van der Waals surface area (Å²) in [6.07, 6.45) is 7.73. The van der Waals surface area contributed by atoms with Gasteiger partial charge in [0.05, 0.1) is 24.7 Å². The quantitative estimate of drug-likeness (QED) is 0.338. The summed E-state index contributed by atoms with van der Waals surface area (Å²) in [4.78, 5) is 44.7. The second-order valence-corrected chi connectivity index (χ2v) is 6.22. The minimum Gasteiger partial charge on any atom is -0.481 e. The predicted octanol–water partition coefficient (Wildman–Crippen LogP) is 1.68. The zero-order valence-electron chi connectivity index (χ0n) is 14.6. The van der Waals surface area contributed by atoms with E-state index in [1.165, 1.54) is 0 Å². The molecule has 3 atom stereocenters. The molecule has 5 N–H and O–H groups in total. The van der Waals surface area contributed by atoms with Gasteiger partial charge in [-0.3, -0.25) is 19.2 Å². The van der Waals surface area contributed by atoms with Crippen LogP contribution in [0.25, 0.3) is 0 Å². The summed E-state index contributed by atoms with van der Waals surface area (Å²) in [5, 5.41) is 39.4. The molecule has 0 saturated carbocycles. The Morgan fingerprint density at radius 1 is 0.852 bits per heavy atom. The topological polar surface area (TPSA) is 161 Å². The van der Waals surface area contributed by atoms with Crippen LogP contribution in [0.5, 0.6) is 0 Å². The zero-order chi connectivity index (χ0) is 20.4. The van der Waals surface area contributed by atoms with Crippen molar-refractivity contribution in [1.82, 2.24) is 5.32 Å². The lowest BCUT2D eigenvalue weighted by Gasteiger charge is -2.26. The summed E-state index contributed by atoms with van der Waals surface area (Å²) in [7, 11) is 0. The fourth-order valence-corrected chi connectivity index (χ4v) is 2.97. The lowest BCUT2D eigenvalue weighted by molar-refractivity contribution is -0.150. The maximum Gasteiger partial charge on any atom is 0.307 e. The van der Waals surface area contributed by atoms with Crippen molar-refractivity contribution in [2.75, 3.05) is 0 Å². The molecule has 3 unspecified atom stereocenters. The van der Waals surface area contributed by atoms with Crippen LogP contribution in [0.4, 0.5) is 0 Å². The number of nitrogens with one attached hydrogen (secondary N) is 1. The maximum atomic E-state index is 11.6. The molecular weight excluding hydrogens is 358 g/mol.